The van der Waals surface area contributed by atoms with E-state index in [1.54, 1.807) is 12.1 Å². The van der Waals surface area contributed by atoms with Gasteiger partial charge in [0.05, 0.1) is 30.5 Å². The van der Waals surface area contributed by atoms with Gasteiger partial charge in [0.2, 0.25) is 5.91 Å². The second kappa shape index (κ2) is 8.91. The maximum atomic E-state index is 12.4. The van der Waals surface area contributed by atoms with Gasteiger partial charge in [0.25, 0.3) is 5.56 Å². The molecule has 0 spiro atoms. The minimum atomic E-state index is -0.266. The summed E-state index contributed by atoms with van der Waals surface area (Å²) in [6.07, 6.45) is 3.66. The summed E-state index contributed by atoms with van der Waals surface area (Å²) >= 11 is 3.40. The maximum Gasteiger partial charge on any atom is 0.261 e. The van der Waals surface area contributed by atoms with Crippen molar-refractivity contribution >= 4 is 38.6 Å². The summed E-state index contributed by atoms with van der Waals surface area (Å²) in [7, 11) is 0. The molecule has 152 valence electrons. The van der Waals surface area contributed by atoms with Gasteiger partial charge >= 0.3 is 0 Å². The molecular formula is C21H18BrN5O3. The van der Waals surface area contributed by atoms with Crippen molar-refractivity contribution in [1.82, 2.24) is 19.7 Å². The lowest BCUT2D eigenvalue weighted by atomic mass is 10.2. The molecule has 0 radical (unpaired) electrons. The summed E-state index contributed by atoms with van der Waals surface area (Å²) in [6.45, 7) is 0.433. The Morgan fingerprint density at radius 3 is 2.93 bits per heavy atom. The third-order valence-corrected chi connectivity index (χ3v) is 4.88. The molecule has 2 aromatic heterocycles. The molecular weight excluding hydrogens is 450 g/mol. The van der Waals surface area contributed by atoms with Gasteiger partial charge in [-0.3, -0.25) is 9.59 Å². The van der Waals surface area contributed by atoms with E-state index in [0.717, 1.165) is 10.2 Å². The van der Waals surface area contributed by atoms with Gasteiger partial charge in [0, 0.05) is 10.9 Å². The minimum Gasteiger partial charge on any atom is -0.494 e. The van der Waals surface area contributed by atoms with Crippen LogP contribution in [-0.4, -0.2) is 32.3 Å². The number of aromatic amines is 1. The fraction of sp³-hybridized carbons (Fsp3) is 0.143. The molecule has 0 saturated heterocycles. The van der Waals surface area contributed by atoms with Crippen LogP contribution in [0.5, 0.6) is 5.75 Å². The van der Waals surface area contributed by atoms with E-state index in [1.165, 1.54) is 17.2 Å². The molecule has 4 rings (SSSR count). The van der Waals surface area contributed by atoms with E-state index in [1.807, 2.05) is 36.4 Å². The van der Waals surface area contributed by atoms with Crippen LogP contribution >= 0.6 is 15.9 Å². The number of halogens is 1. The van der Waals surface area contributed by atoms with E-state index < -0.39 is 0 Å². The fourth-order valence-electron chi connectivity index (χ4n) is 2.99. The van der Waals surface area contributed by atoms with Crippen LogP contribution in [0.2, 0.25) is 0 Å². The second-order valence-electron chi connectivity index (χ2n) is 6.50. The smallest absolute Gasteiger partial charge is 0.261 e. The van der Waals surface area contributed by atoms with Crippen LogP contribution in [0.1, 0.15) is 12.8 Å². The van der Waals surface area contributed by atoms with Gasteiger partial charge in [-0.15, -0.1) is 0 Å². The van der Waals surface area contributed by atoms with Gasteiger partial charge in [0.15, 0.2) is 5.65 Å². The van der Waals surface area contributed by atoms with E-state index in [4.69, 9.17) is 4.74 Å². The van der Waals surface area contributed by atoms with Crippen LogP contribution in [0.25, 0.3) is 16.7 Å². The van der Waals surface area contributed by atoms with Crippen LogP contribution < -0.4 is 15.6 Å². The Morgan fingerprint density at radius 2 is 2.07 bits per heavy atom. The van der Waals surface area contributed by atoms with E-state index in [-0.39, 0.29) is 11.5 Å². The van der Waals surface area contributed by atoms with E-state index in [9.17, 15) is 9.59 Å². The number of nitrogens with zero attached hydrogens (tertiary/aromatic N) is 3. The van der Waals surface area contributed by atoms with E-state index in [2.05, 4.69) is 36.3 Å². The molecule has 0 aliphatic heterocycles. The van der Waals surface area contributed by atoms with E-state index in [0.29, 0.717) is 41.9 Å². The van der Waals surface area contributed by atoms with Crippen LogP contribution in [0.4, 0.5) is 5.69 Å². The summed E-state index contributed by atoms with van der Waals surface area (Å²) in [6, 6.07) is 14.8. The van der Waals surface area contributed by atoms with Crippen LogP contribution in [-0.2, 0) is 4.79 Å². The van der Waals surface area contributed by atoms with Crippen molar-refractivity contribution in [2.45, 2.75) is 12.8 Å². The molecule has 4 aromatic rings. The Bertz CT molecular complexity index is 1250. The maximum absolute atomic E-state index is 12.4. The minimum absolute atomic E-state index is 0.137. The number of hydrogen-bond donors (Lipinski definition) is 2. The molecule has 0 aliphatic rings. The van der Waals surface area contributed by atoms with Gasteiger partial charge in [-0.1, -0.05) is 34.1 Å². The number of anilines is 1. The molecule has 30 heavy (non-hydrogen) atoms. The number of hydrogen-bond acceptors (Lipinski definition) is 5. The Labute approximate surface area is 180 Å². The number of nitrogens with one attached hydrogen (secondary N) is 2. The zero-order valence-corrected chi connectivity index (χ0v) is 17.4. The highest BCUT2D eigenvalue weighted by Gasteiger charge is 2.13. The summed E-state index contributed by atoms with van der Waals surface area (Å²) in [5.74, 6) is 0.616. The number of rotatable bonds is 7. The molecule has 0 unspecified atom stereocenters. The van der Waals surface area contributed by atoms with Gasteiger partial charge in [-0.2, -0.15) is 5.10 Å². The number of para-hydroxylation sites is 2. The molecule has 0 fully saturated rings. The van der Waals surface area contributed by atoms with Crippen LogP contribution in [0.15, 0.2) is 70.3 Å². The molecule has 0 saturated carbocycles. The van der Waals surface area contributed by atoms with Gasteiger partial charge in [0.1, 0.15) is 11.1 Å². The zero-order valence-electron chi connectivity index (χ0n) is 15.8. The number of amides is 1. The molecule has 0 aliphatic carbocycles. The van der Waals surface area contributed by atoms with Crippen LogP contribution in [0.3, 0.4) is 0 Å². The quantitative estimate of drug-likeness (QED) is 0.403. The molecule has 1 amide bonds. The zero-order chi connectivity index (χ0) is 20.9. The SMILES string of the molecule is O=C(CCCOc1cccc(Br)c1)Nc1ccccc1-n1ncc2c(=O)[nH]cnc21. The van der Waals surface area contributed by atoms with Crippen molar-refractivity contribution in [3.63, 3.8) is 0 Å². The van der Waals surface area contributed by atoms with Crippen molar-refractivity contribution in [3.05, 3.63) is 75.9 Å². The largest absolute Gasteiger partial charge is 0.494 e. The molecule has 2 aromatic carbocycles. The first-order chi connectivity index (χ1) is 14.6. The number of carbonyl (C=O) groups is 1. The number of fused-ring (bicyclic) bond motifs is 1. The standard InChI is InChI=1S/C21H18BrN5O3/c22-14-5-3-6-15(11-14)30-10-4-9-19(28)26-17-7-1-2-8-18(17)27-20-16(12-25-27)21(29)24-13-23-20/h1-3,5-8,11-13H,4,9-10H2,(H,26,28)(H,23,24,29). The van der Waals surface area contributed by atoms with Crippen molar-refractivity contribution in [2.75, 3.05) is 11.9 Å². The Kier molecular flexibility index (Phi) is 5.89. The predicted octanol–water partition coefficient (Wildman–Crippen LogP) is 3.67. The number of ether oxygens (including phenoxy) is 1. The Morgan fingerprint density at radius 1 is 1.20 bits per heavy atom. The third-order valence-electron chi connectivity index (χ3n) is 4.39. The molecule has 2 N–H and O–H groups in total. The Hall–Kier alpha value is -3.46. The second-order valence-corrected chi connectivity index (χ2v) is 7.42. The first-order valence-corrected chi connectivity index (χ1v) is 10.1. The first-order valence-electron chi connectivity index (χ1n) is 9.31. The van der Waals surface area contributed by atoms with Crippen molar-refractivity contribution in [2.24, 2.45) is 0 Å². The van der Waals surface area contributed by atoms with Crippen molar-refractivity contribution < 1.29 is 9.53 Å². The summed E-state index contributed by atoms with van der Waals surface area (Å²) in [5, 5.41) is 7.56. The van der Waals surface area contributed by atoms with Crippen molar-refractivity contribution in [1.29, 1.82) is 0 Å². The monoisotopic (exact) mass is 467 g/mol. The molecule has 9 heteroatoms. The van der Waals surface area contributed by atoms with E-state index >= 15 is 0 Å². The molecule has 0 atom stereocenters. The fourth-order valence-corrected chi connectivity index (χ4v) is 3.37. The highest BCUT2D eigenvalue weighted by molar-refractivity contribution is 9.10. The number of H-pyrrole nitrogens is 1. The normalized spacial score (nSPS) is 10.8. The molecule has 8 nitrogen and oxygen atoms in total. The first kappa shape index (κ1) is 19.8. The van der Waals surface area contributed by atoms with Gasteiger partial charge in [-0.25, -0.2) is 9.67 Å². The highest BCUT2D eigenvalue weighted by atomic mass is 79.9. The van der Waals surface area contributed by atoms with Crippen LogP contribution in [0, 0.1) is 0 Å². The summed E-state index contributed by atoms with van der Waals surface area (Å²) < 4.78 is 8.14. The van der Waals surface area contributed by atoms with Gasteiger partial charge in [-0.05, 0) is 36.8 Å². The lowest BCUT2D eigenvalue weighted by Gasteiger charge is -2.12. The number of benzene rings is 2. The van der Waals surface area contributed by atoms with Gasteiger partial charge < -0.3 is 15.0 Å². The summed E-state index contributed by atoms with van der Waals surface area (Å²) in [4.78, 5) is 31.1. The Balaban J connectivity index is 1.42. The lowest BCUT2D eigenvalue weighted by molar-refractivity contribution is -0.116. The predicted molar refractivity (Wildman–Crippen MR) is 117 cm³/mol. The third kappa shape index (κ3) is 4.41. The average Bonchev–Trinajstić information content (AvgIpc) is 3.17. The average molecular weight is 468 g/mol. The topological polar surface area (TPSA) is 102 Å². The number of carbonyl (C=O) groups excluding carboxylic acids is 1. The molecule has 0 bridgehead atoms. The lowest BCUT2D eigenvalue weighted by Crippen LogP contribution is -2.15. The summed E-state index contributed by atoms with van der Waals surface area (Å²) in [5.41, 5.74) is 1.37. The van der Waals surface area contributed by atoms with Crippen molar-refractivity contribution in [3.8, 4) is 11.4 Å². The highest BCUT2D eigenvalue weighted by Crippen LogP contribution is 2.22. The molecule has 2 heterocycles. The number of aromatic nitrogens is 4.